The van der Waals surface area contributed by atoms with Crippen LogP contribution in [0, 0.1) is 0 Å². The molecule has 2 aliphatic rings. The van der Waals surface area contributed by atoms with Gasteiger partial charge in [0.15, 0.2) is 6.29 Å². The van der Waals surface area contributed by atoms with E-state index >= 15 is 0 Å². The monoisotopic (exact) mass is 264 g/mol. The normalized spacial score (nSPS) is 24.2. The van der Waals surface area contributed by atoms with Crippen molar-refractivity contribution in [1.29, 1.82) is 0 Å². The highest BCUT2D eigenvalue weighted by molar-refractivity contribution is 7.80. The van der Waals surface area contributed by atoms with Crippen molar-refractivity contribution in [3.63, 3.8) is 0 Å². The quantitative estimate of drug-likeness (QED) is 0.793. The van der Waals surface area contributed by atoms with Gasteiger partial charge in [0.05, 0.1) is 6.61 Å². The lowest BCUT2D eigenvalue weighted by Crippen LogP contribution is -2.22. The summed E-state index contributed by atoms with van der Waals surface area (Å²) in [6.45, 7) is 3.56. The van der Waals surface area contributed by atoms with Gasteiger partial charge in [-0.25, -0.2) is 0 Å². The third-order valence-corrected chi connectivity index (χ3v) is 2.79. The van der Waals surface area contributed by atoms with E-state index in [0.717, 1.165) is 32.0 Å². The van der Waals surface area contributed by atoms with Crippen LogP contribution in [0.2, 0.25) is 0 Å². The minimum Gasteiger partial charge on any atom is -0.381 e. The smallest absolute Gasteiger partial charge is 0.157 e. The van der Waals surface area contributed by atoms with Gasteiger partial charge in [0.2, 0.25) is 0 Å². The van der Waals surface area contributed by atoms with Crippen LogP contribution in [0.15, 0.2) is 0 Å². The molecule has 0 bridgehead atoms. The summed E-state index contributed by atoms with van der Waals surface area (Å²) in [5.41, 5.74) is 0. The standard InChI is InChI=1S/C7H14O2S.C5H10O.CH4/c10-6-5-9-7-3-1-2-4-8-7;1-2-4-6-5-3-1;/h7,10H,1-6H2;1-5H2;1H4. The molecule has 0 aromatic heterocycles. The zero-order valence-corrected chi connectivity index (χ0v) is 10.9. The maximum absolute atomic E-state index is 5.33. The second-order valence-corrected chi connectivity index (χ2v) is 4.51. The van der Waals surface area contributed by atoms with E-state index in [9.17, 15) is 0 Å². The predicted octanol–water partition coefficient (Wildman–Crippen LogP) is 3.28. The van der Waals surface area contributed by atoms with E-state index in [0.29, 0.717) is 6.61 Å². The third-order valence-electron chi connectivity index (χ3n) is 2.61. The SMILES string of the molecule is C.C1CCOCC1.SCCOC1CCCCO1. The summed E-state index contributed by atoms with van der Waals surface area (Å²) in [6.07, 6.45) is 7.45. The summed E-state index contributed by atoms with van der Waals surface area (Å²) < 4.78 is 15.7. The number of ether oxygens (including phenoxy) is 3. The average Bonchev–Trinajstić information content (AvgIpc) is 2.40. The van der Waals surface area contributed by atoms with Gasteiger partial charge in [-0.1, -0.05) is 7.43 Å². The Morgan fingerprint density at radius 1 is 1.00 bits per heavy atom. The summed E-state index contributed by atoms with van der Waals surface area (Å²) in [6, 6.07) is 0. The van der Waals surface area contributed by atoms with Gasteiger partial charge in [0, 0.05) is 25.6 Å². The van der Waals surface area contributed by atoms with Crippen molar-refractivity contribution >= 4 is 12.6 Å². The highest BCUT2D eigenvalue weighted by Gasteiger charge is 2.12. The van der Waals surface area contributed by atoms with Crippen LogP contribution < -0.4 is 0 Å². The molecule has 2 fully saturated rings. The van der Waals surface area contributed by atoms with E-state index in [1.807, 2.05) is 0 Å². The summed E-state index contributed by atoms with van der Waals surface area (Å²) in [5, 5.41) is 0. The number of hydrogen-bond acceptors (Lipinski definition) is 4. The lowest BCUT2D eigenvalue weighted by Gasteiger charge is -2.22. The lowest BCUT2D eigenvalue weighted by molar-refractivity contribution is -0.158. The van der Waals surface area contributed by atoms with Crippen LogP contribution in [-0.2, 0) is 14.2 Å². The van der Waals surface area contributed by atoms with Gasteiger partial charge in [-0.3, -0.25) is 0 Å². The van der Waals surface area contributed by atoms with Gasteiger partial charge in [-0.15, -0.1) is 0 Å². The van der Waals surface area contributed by atoms with Crippen LogP contribution in [0.1, 0.15) is 46.0 Å². The summed E-state index contributed by atoms with van der Waals surface area (Å²) in [4.78, 5) is 0. The first-order chi connectivity index (χ1) is 7.93. The molecule has 2 aliphatic heterocycles. The molecule has 2 heterocycles. The van der Waals surface area contributed by atoms with Crippen molar-refractivity contribution in [2.24, 2.45) is 0 Å². The van der Waals surface area contributed by atoms with Crippen molar-refractivity contribution in [1.82, 2.24) is 0 Å². The largest absolute Gasteiger partial charge is 0.381 e. The zero-order chi connectivity index (χ0) is 11.5. The Kier molecular flexibility index (Phi) is 12.9. The van der Waals surface area contributed by atoms with E-state index in [2.05, 4.69) is 12.6 Å². The first-order valence-electron chi connectivity index (χ1n) is 6.35. The van der Waals surface area contributed by atoms with Gasteiger partial charge in [0.25, 0.3) is 0 Å². The first kappa shape index (κ1) is 17.2. The van der Waals surface area contributed by atoms with Crippen molar-refractivity contribution in [3.8, 4) is 0 Å². The fraction of sp³-hybridized carbons (Fsp3) is 1.00. The summed E-state index contributed by atoms with van der Waals surface area (Å²) in [5.74, 6) is 0.778. The molecule has 1 atom stereocenters. The Bertz CT molecular complexity index is 134. The molecule has 3 nitrogen and oxygen atoms in total. The molecule has 0 aliphatic carbocycles. The minimum atomic E-state index is 0. The van der Waals surface area contributed by atoms with Crippen molar-refractivity contribution < 1.29 is 14.2 Å². The molecule has 0 amide bonds. The Balaban J connectivity index is 0.000000316. The summed E-state index contributed by atoms with van der Waals surface area (Å²) >= 11 is 4.04. The highest BCUT2D eigenvalue weighted by Crippen LogP contribution is 2.13. The van der Waals surface area contributed by atoms with Gasteiger partial charge >= 0.3 is 0 Å². The molecule has 104 valence electrons. The van der Waals surface area contributed by atoms with Gasteiger partial charge < -0.3 is 14.2 Å². The zero-order valence-electron chi connectivity index (χ0n) is 10.0. The molecule has 0 radical (unpaired) electrons. The van der Waals surface area contributed by atoms with Crippen LogP contribution in [0.25, 0.3) is 0 Å². The highest BCUT2D eigenvalue weighted by atomic mass is 32.1. The molecule has 0 saturated carbocycles. The molecule has 2 rings (SSSR count). The average molecular weight is 264 g/mol. The van der Waals surface area contributed by atoms with Crippen LogP contribution in [0.4, 0.5) is 0 Å². The second-order valence-electron chi connectivity index (χ2n) is 4.06. The summed E-state index contributed by atoms with van der Waals surface area (Å²) in [7, 11) is 0. The lowest BCUT2D eigenvalue weighted by atomic mass is 10.2. The van der Waals surface area contributed by atoms with Crippen molar-refractivity contribution in [2.75, 3.05) is 32.2 Å². The van der Waals surface area contributed by atoms with Gasteiger partial charge in [-0.2, -0.15) is 12.6 Å². The number of hydrogen-bond donors (Lipinski definition) is 1. The molecule has 1 unspecified atom stereocenters. The minimum absolute atomic E-state index is 0. The Labute approximate surface area is 112 Å². The molecular formula is C13H28O3S. The Hall–Kier alpha value is 0.230. The van der Waals surface area contributed by atoms with E-state index in [-0.39, 0.29) is 13.7 Å². The fourth-order valence-corrected chi connectivity index (χ4v) is 1.82. The molecule has 0 aromatic rings. The van der Waals surface area contributed by atoms with Crippen molar-refractivity contribution in [2.45, 2.75) is 52.2 Å². The van der Waals surface area contributed by atoms with Crippen molar-refractivity contribution in [3.05, 3.63) is 0 Å². The predicted molar refractivity (Wildman–Crippen MR) is 74.8 cm³/mol. The number of thiol groups is 1. The van der Waals surface area contributed by atoms with E-state index in [4.69, 9.17) is 14.2 Å². The molecule has 0 N–H and O–H groups in total. The Morgan fingerprint density at radius 3 is 2.12 bits per heavy atom. The van der Waals surface area contributed by atoms with Crippen LogP contribution in [0.3, 0.4) is 0 Å². The second kappa shape index (κ2) is 12.7. The molecular weight excluding hydrogens is 236 g/mol. The third kappa shape index (κ3) is 9.89. The maximum atomic E-state index is 5.33. The van der Waals surface area contributed by atoms with E-state index < -0.39 is 0 Å². The topological polar surface area (TPSA) is 27.7 Å². The maximum Gasteiger partial charge on any atom is 0.157 e. The van der Waals surface area contributed by atoms with Gasteiger partial charge in [0.1, 0.15) is 0 Å². The molecule has 17 heavy (non-hydrogen) atoms. The first-order valence-corrected chi connectivity index (χ1v) is 6.98. The fourth-order valence-electron chi connectivity index (χ4n) is 1.71. The molecule has 0 spiro atoms. The number of rotatable bonds is 3. The van der Waals surface area contributed by atoms with Crippen LogP contribution in [0.5, 0.6) is 0 Å². The van der Waals surface area contributed by atoms with E-state index in [1.165, 1.54) is 32.1 Å². The van der Waals surface area contributed by atoms with Crippen LogP contribution >= 0.6 is 12.6 Å². The van der Waals surface area contributed by atoms with Gasteiger partial charge in [-0.05, 0) is 38.5 Å². The van der Waals surface area contributed by atoms with Crippen LogP contribution in [-0.4, -0.2) is 38.5 Å². The van der Waals surface area contributed by atoms with E-state index in [1.54, 1.807) is 0 Å². The molecule has 2 saturated heterocycles. The molecule has 4 heteroatoms. The Morgan fingerprint density at radius 2 is 1.71 bits per heavy atom. The molecule has 0 aromatic carbocycles.